The highest BCUT2D eigenvalue weighted by Gasteiger charge is 2.26. The molecule has 1 fully saturated rings. The van der Waals surface area contributed by atoms with Gasteiger partial charge in [-0.15, -0.1) is 23.1 Å². The predicted molar refractivity (Wildman–Crippen MR) is 101 cm³/mol. The number of hydrogen-bond donors (Lipinski definition) is 0. The Labute approximate surface area is 154 Å². The second-order valence-electron chi connectivity index (χ2n) is 5.97. The third-order valence-electron chi connectivity index (χ3n) is 4.36. The molecule has 1 amide bonds. The Hall–Kier alpha value is -1.99. The van der Waals surface area contributed by atoms with Crippen molar-refractivity contribution in [2.75, 3.05) is 18.8 Å². The van der Waals surface area contributed by atoms with Gasteiger partial charge >= 0.3 is 0 Å². The van der Waals surface area contributed by atoms with E-state index in [9.17, 15) is 4.79 Å². The van der Waals surface area contributed by atoms with E-state index in [1.54, 1.807) is 22.3 Å². The highest BCUT2D eigenvalue weighted by Crippen LogP contribution is 2.35. The van der Waals surface area contributed by atoms with Gasteiger partial charge in [0.25, 0.3) is 5.91 Å². The maximum atomic E-state index is 13.0. The number of thioether (sulfide) groups is 1. The van der Waals surface area contributed by atoms with Crippen molar-refractivity contribution in [3.05, 3.63) is 53.4 Å². The summed E-state index contributed by atoms with van der Waals surface area (Å²) >= 11 is 3.49. The zero-order chi connectivity index (χ0) is 17.2. The molecule has 1 aliphatic heterocycles. The number of rotatable bonds is 3. The lowest BCUT2D eigenvalue weighted by atomic mass is 10.2. The molecule has 0 bridgehead atoms. The molecule has 7 heteroatoms. The number of furan rings is 1. The van der Waals surface area contributed by atoms with Gasteiger partial charge in [0, 0.05) is 25.9 Å². The van der Waals surface area contributed by atoms with E-state index in [1.807, 2.05) is 59.4 Å². The molecular formula is C18H19N3O2S2. The van der Waals surface area contributed by atoms with Crippen LogP contribution < -0.4 is 0 Å². The van der Waals surface area contributed by atoms with Gasteiger partial charge in [-0.25, -0.2) is 0 Å². The van der Waals surface area contributed by atoms with Crippen LogP contribution in [-0.4, -0.2) is 39.4 Å². The molecule has 3 aromatic heterocycles. The fourth-order valence-electron chi connectivity index (χ4n) is 3.05. The molecule has 3 aromatic rings. The molecule has 25 heavy (non-hydrogen) atoms. The zero-order valence-corrected chi connectivity index (χ0v) is 15.6. The lowest BCUT2D eigenvalue weighted by molar-refractivity contribution is 0.0755. The van der Waals surface area contributed by atoms with E-state index in [-0.39, 0.29) is 5.91 Å². The molecule has 4 rings (SSSR count). The molecule has 0 saturated carbocycles. The van der Waals surface area contributed by atoms with Crippen LogP contribution in [0.25, 0.3) is 10.6 Å². The minimum absolute atomic E-state index is 0.0542. The van der Waals surface area contributed by atoms with E-state index < -0.39 is 0 Å². The third-order valence-corrected chi connectivity index (χ3v) is 6.54. The van der Waals surface area contributed by atoms with Gasteiger partial charge in [0.05, 0.1) is 16.4 Å². The first-order chi connectivity index (χ1) is 12.2. The molecule has 0 N–H and O–H groups in total. The van der Waals surface area contributed by atoms with Crippen molar-refractivity contribution in [1.29, 1.82) is 0 Å². The van der Waals surface area contributed by atoms with Crippen molar-refractivity contribution in [3.63, 3.8) is 0 Å². The van der Waals surface area contributed by atoms with Crippen LogP contribution in [0.5, 0.6) is 0 Å². The summed E-state index contributed by atoms with van der Waals surface area (Å²) in [5.74, 6) is 1.96. The van der Waals surface area contributed by atoms with Crippen LogP contribution in [0.2, 0.25) is 0 Å². The number of thiophene rings is 1. The van der Waals surface area contributed by atoms with Crippen LogP contribution in [-0.2, 0) is 7.05 Å². The summed E-state index contributed by atoms with van der Waals surface area (Å²) in [5, 5.41) is 6.85. The molecule has 0 aliphatic carbocycles. The van der Waals surface area contributed by atoms with E-state index in [4.69, 9.17) is 4.42 Å². The Morgan fingerprint density at radius 1 is 1.32 bits per heavy atom. The largest absolute Gasteiger partial charge is 0.468 e. The highest BCUT2D eigenvalue weighted by molar-refractivity contribution is 7.99. The smallest absolute Gasteiger partial charge is 0.272 e. The first kappa shape index (κ1) is 16.5. The van der Waals surface area contributed by atoms with Gasteiger partial charge in [-0.2, -0.15) is 5.10 Å². The van der Waals surface area contributed by atoms with Crippen molar-refractivity contribution < 1.29 is 9.21 Å². The van der Waals surface area contributed by atoms with Crippen LogP contribution in [0, 0.1) is 0 Å². The van der Waals surface area contributed by atoms with Gasteiger partial charge in [-0.1, -0.05) is 6.07 Å². The summed E-state index contributed by atoms with van der Waals surface area (Å²) < 4.78 is 7.23. The van der Waals surface area contributed by atoms with E-state index in [2.05, 4.69) is 5.10 Å². The number of hydrogen-bond acceptors (Lipinski definition) is 5. The molecule has 1 saturated heterocycles. The molecule has 0 radical (unpaired) electrons. The average Bonchev–Trinajstić information content (AvgIpc) is 3.34. The molecule has 5 nitrogen and oxygen atoms in total. The second kappa shape index (κ2) is 7.09. The maximum Gasteiger partial charge on any atom is 0.272 e. The normalized spacial score (nSPS) is 18.3. The monoisotopic (exact) mass is 373 g/mol. The molecule has 4 heterocycles. The van der Waals surface area contributed by atoms with E-state index in [0.29, 0.717) is 10.9 Å². The highest BCUT2D eigenvalue weighted by atomic mass is 32.2. The summed E-state index contributed by atoms with van der Waals surface area (Å²) in [6.45, 7) is 1.48. The number of carbonyl (C=O) groups is 1. The summed E-state index contributed by atoms with van der Waals surface area (Å²) in [7, 11) is 1.84. The Bertz CT molecular complexity index is 840. The summed E-state index contributed by atoms with van der Waals surface area (Å²) in [6, 6.07) is 9.86. The molecule has 1 atom stereocenters. The van der Waals surface area contributed by atoms with Gasteiger partial charge < -0.3 is 9.32 Å². The van der Waals surface area contributed by atoms with Crippen molar-refractivity contribution >= 4 is 29.0 Å². The topological polar surface area (TPSA) is 51.3 Å². The van der Waals surface area contributed by atoms with Gasteiger partial charge in [-0.05, 0) is 36.1 Å². The van der Waals surface area contributed by atoms with Crippen molar-refractivity contribution in [1.82, 2.24) is 14.7 Å². The quantitative estimate of drug-likeness (QED) is 0.695. The summed E-state index contributed by atoms with van der Waals surface area (Å²) in [5.41, 5.74) is 1.50. The number of aryl methyl sites for hydroxylation is 1. The van der Waals surface area contributed by atoms with Crippen LogP contribution in [0.1, 0.15) is 27.9 Å². The lowest BCUT2D eigenvalue weighted by Crippen LogP contribution is -2.34. The molecule has 130 valence electrons. The van der Waals surface area contributed by atoms with Gasteiger partial charge in [-0.3, -0.25) is 9.48 Å². The maximum absolute atomic E-state index is 13.0. The number of aromatic nitrogens is 2. The van der Waals surface area contributed by atoms with Gasteiger partial charge in [0.15, 0.2) is 0 Å². The van der Waals surface area contributed by atoms with E-state index in [1.165, 1.54) is 0 Å². The number of nitrogens with zero attached hydrogens (tertiary/aromatic N) is 3. The molecular weight excluding hydrogens is 354 g/mol. The fourth-order valence-corrected chi connectivity index (χ4v) is 4.91. The van der Waals surface area contributed by atoms with E-state index >= 15 is 0 Å². The molecule has 0 unspecified atom stereocenters. The van der Waals surface area contributed by atoms with Crippen LogP contribution in [0.4, 0.5) is 0 Å². The Kier molecular flexibility index (Phi) is 4.67. The van der Waals surface area contributed by atoms with Crippen molar-refractivity contribution in [3.8, 4) is 10.6 Å². The van der Waals surface area contributed by atoms with Crippen LogP contribution in [0.3, 0.4) is 0 Å². The van der Waals surface area contributed by atoms with Crippen LogP contribution in [0.15, 0.2) is 46.4 Å². The molecule has 1 aliphatic rings. The minimum Gasteiger partial charge on any atom is -0.468 e. The van der Waals surface area contributed by atoms with Crippen molar-refractivity contribution in [2.45, 2.75) is 11.7 Å². The van der Waals surface area contributed by atoms with Gasteiger partial charge in [0.2, 0.25) is 0 Å². The first-order valence-electron chi connectivity index (χ1n) is 8.24. The van der Waals surface area contributed by atoms with Crippen molar-refractivity contribution in [2.24, 2.45) is 7.05 Å². The lowest BCUT2D eigenvalue weighted by Gasteiger charge is -2.19. The number of carbonyl (C=O) groups excluding carboxylic acids is 1. The minimum atomic E-state index is 0.0542. The average molecular weight is 374 g/mol. The Morgan fingerprint density at radius 2 is 2.24 bits per heavy atom. The predicted octanol–water partition coefficient (Wildman–Crippen LogP) is 4.06. The fraction of sp³-hybridized carbons (Fsp3) is 0.333. The Balaban J connectivity index is 1.49. The zero-order valence-electron chi connectivity index (χ0n) is 13.9. The second-order valence-corrected chi connectivity index (χ2v) is 8.23. The molecule has 0 aromatic carbocycles. The third kappa shape index (κ3) is 3.39. The number of amides is 1. The molecule has 0 spiro atoms. The first-order valence-corrected chi connectivity index (χ1v) is 10.2. The summed E-state index contributed by atoms with van der Waals surface area (Å²) in [4.78, 5) is 16.0. The standard InChI is InChI=1S/C18H19N3O2S2/c1-20-14(12-13(19-20)16-5-3-10-24-16)18(22)21-7-6-17(25-11-8-21)15-4-2-9-23-15/h2-5,9-10,12,17H,6-8,11H2,1H3/t17-/m0/s1. The van der Waals surface area contributed by atoms with E-state index in [0.717, 1.165) is 41.6 Å². The van der Waals surface area contributed by atoms with Crippen LogP contribution >= 0.6 is 23.1 Å². The van der Waals surface area contributed by atoms with Gasteiger partial charge in [0.1, 0.15) is 17.1 Å². The summed E-state index contributed by atoms with van der Waals surface area (Å²) in [6.07, 6.45) is 2.62. The Morgan fingerprint density at radius 3 is 3.00 bits per heavy atom. The SMILES string of the molecule is Cn1nc(-c2cccs2)cc1C(=O)N1CCS[C@H](c2ccco2)CC1.